The first-order valence-corrected chi connectivity index (χ1v) is 8.19. The van der Waals surface area contributed by atoms with Gasteiger partial charge in [-0.3, -0.25) is 9.36 Å². The summed E-state index contributed by atoms with van der Waals surface area (Å²) < 4.78 is 1.29. The van der Waals surface area contributed by atoms with Crippen LogP contribution in [0.3, 0.4) is 0 Å². The molecule has 6 nitrogen and oxygen atoms in total. The molecule has 0 radical (unpaired) electrons. The lowest BCUT2D eigenvalue weighted by molar-refractivity contribution is -0.116. The van der Waals surface area contributed by atoms with Gasteiger partial charge in [-0.25, -0.2) is 9.78 Å². The van der Waals surface area contributed by atoms with Crippen LogP contribution in [0.2, 0.25) is 0 Å². The van der Waals surface area contributed by atoms with E-state index in [9.17, 15) is 9.59 Å². The van der Waals surface area contributed by atoms with Gasteiger partial charge in [0.1, 0.15) is 12.4 Å². The molecule has 0 saturated carbocycles. The largest absolute Gasteiger partial charge is 0.327 e. The molecule has 3 aromatic rings. The van der Waals surface area contributed by atoms with Crippen LogP contribution in [0.5, 0.6) is 0 Å². The van der Waals surface area contributed by atoms with Crippen LogP contribution in [-0.4, -0.2) is 27.5 Å². The lowest BCUT2D eigenvalue weighted by atomic mass is 9.96. The third-order valence-corrected chi connectivity index (χ3v) is 4.19. The third-order valence-electron chi connectivity index (χ3n) is 4.19. The standard InChI is InChI=1S/C20H16N4O2/c25-19-18(23-20(26)24-11-10-21-13-24)12-16(14-6-2-1-3-7-14)15-8-4-5-9-17(15)22-19/h1-13,18H,(H,22,25)(H,23,26)/t18-/m0/s1. The number of para-hydroxylation sites is 1. The Labute approximate surface area is 150 Å². The number of benzene rings is 2. The molecule has 4 rings (SSSR count). The predicted molar refractivity (Wildman–Crippen MR) is 98.5 cm³/mol. The van der Waals surface area contributed by atoms with E-state index in [1.165, 1.54) is 23.3 Å². The molecular weight excluding hydrogens is 328 g/mol. The van der Waals surface area contributed by atoms with Crippen molar-refractivity contribution in [1.82, 2.24) is 14.9 Å². The maximum Gasteiger partial charge on any atom is 0.327 e. The minimum absolute atomic E-state index is 0.295. The van der Waals surface area contributed by atoms with Crippen LogP contribution in [0.1, 0.15) is 11.1 Å². The lowest BCUT2D eigenvalue weighted by Gasteiger charge is -2.13. The van der Waals surface area contributed by atoms with E-state index in [1.807, 2.05) is 54.6 Å². The summed E-state index contributed by atoms with van der Waals surface area (Å²) in [6.07, 6.45) is 6.21. The Kier molecular flexibility index (Phi) is 4.07. The van der Waals surface area contributed by atoms with E-state index < -0.39 is 12.1 Å². The Morgan fingerprint density at radius 2 is 1.85 bits per heavy atom. The molecule has 0 spiro atoms. The second-order valence-corrected chi connectivity index (χ2v) is 5.88. The van der Waals surface area contributed by atoms with Crippen molar-refractivity contribution in [2.24, 2.45) is 0 Å². The van der Waals surface area contributed by atoms with Gasteiger partial charge >= 0.3 is 6.03 Å². The number of fused-ring (bicyclic) bond motifs is 1. The zero-order valence-corrected chi connectivity index (χ0v) is 13.8. The molecule has 2 heterocycles. The van der Waals surface area contributed by atoms with Crippen LogP contribution in [0.4, 0.5) is 10.5 Å². The van der Waals surface area contributed by atoms with E-state index in [2.05, 4.69) is 15.6 Å². The fourth-order valence-corrected chi connectivity index (χ4v) is 2.93. The molecule has 0 fully saturated rings. The van der Waals surface area contributed by atoms with Gasteiger partial charge in [0, 0.05) is 23.6 Å². The van der Waals surface area contributed by atoms with Gasteiger partial charge in [0.05, 0.1) is 0 Å². The summed E-state index contributed by atoms with van der Waals surface area (Å²) in [5.74, 6) is -0.295. The van der Waals surface area contributed by atoms with Gasteiger partial charge < -0.3 is 10.6 Å². The minimum Gasteiger partial charge on any atom is -0.323 e. The third kappa shape index (κ3) is 3.00. The van der Waals surface area contributed by atoms with Crippen LogP contribution in [0, 0.1) is 0 Å². The van der Waals surface area contributed by atoms with Gasteiger partial charge in [-0.2, -0.15) is 0 Å². The van der Waals surface area contributed by atoms with Gasteiger partial charge in [0.15, 0.2) is 0 Å². The van der Waals surface area contributed by atoms with Gasteiger partial charge in [0.25, 0.3) is 5.91 Å². The molecule has 2 aromatic carbocycles. The van der Waals surface area contributed by atoms with Crippen LogP contribution in [0.25, 0.3) is 5.57 Å². The lowest BCUT2D eigenvalue weighted by Crippen LogP contribution is -2.43. The van der Waals surface area contributed by atoms with Crippen molar-refractivity contribution in [3.8, 4) is 0 Å². The number of rotatable bonds is 2. The molecule has 6 heteroatoms. The molecule has 0 saturated heterocycles. The highest BCUT2D eigenvalue weighted by molar-refractivity contribution is 6.05. The minimum atomic E-state index is -0.812. The molecule has 0 bridgehead atoms. The summed E-state index contributed by atoms with van der Waals surface area (Å²) in [6, 6.07) is 16.1. The zero-order chi connectivity index (χ0) is 17.9. The maximum absolute atomic E-state index is 12.7. The molecule has 2 amide bonds. The number of anilines is 1. The number of amides is 2. The molecule has 128 valence electrons. The SMILES string of the molecule is O=C1Nc2ccccc2C(c2ccccc2)=C[C@@H]1NC(=O)n1ccnc1. The molecule has 1 aromatic heterocycles. The van der Waals surface area contributed by atoms with Crippen molar-refractivity contribution in [3.05, 3.63) is 90.5 Å². The molecule has 1 atom stereocenters. The number of imidazole rings is 1. The summed E-state index contributed by atoms with van der Waals surface area (Å²) in [4.78, 5) is 28.9. The average molecular weight is 344 g/mol. The Bertz CT molecular complexity index is 978. The number of hydrogen-bond acceptors (Lipinski definition) is 3. The van der Waals surface area contributed by atoms with Gasteiger partial charge in [-0.05, 0) is 23.3 Å². The Balaban J connectivity index is 1.76. The van der Waals surface area contributed by atoms with E-state index in [1.54, 1.807) is 6.08 Å². The van der Waals surface area contributed by atoms with Gasteiger partial charge in [0.2, 0.25) is 0 Å². The van der Waals surface area contributed by atoms with Crippen molar-refractivity contribution in [2.45, 2.75) is 6.04 Å². The summed E-state index contributed by atoms with van der Waals surface area (Å²) in [5, 5.41) is 5.63. The number of aromatic nitrogens is 2. The highest BCUT2D eigenvalue weighted by Gasteiger charge is 2.25. The first-order chi connectivity index (χ1) is 12.7. The summed E-state index contributed by atoms with van der Waals surface area (Å²) in [6.45, 7) is 0. The molecule has 1 aliphatic rings. The van der Waals surface area contributed by atoms with Crippen LogP contribution >= 0.6 is 0 Å². The predicted octanol–water partition coefficient (Wildman–Crippen LogP) is 2.89. The molecule has 0 aliphatic carbocycles. The van der Waals surface area contributed by atoms with Gasteiger partial charge in [-0.15, -0.1) is 0 Å². The maximum atomic E-state index is 12.7. The average Bonchev–Trinajstić information content (AvgIpc) is 3.17. The Hall–Kier alpha value is -3.67. The summed E-state index contributed by atoms with van der Waals surface area (Å²) in [5.41, 5.74) is 3.48. The number of nitrogens with zero attached hydrogens (tertiary/aromatic N) is 2. The van der Waals surface area contributed by atoms with E-state index in [0.717, 1.165) is 16.7 Å². The topological polar surface area (TPSA) is 76.0 Å². The second-order valence-electron chi connectivity index (χ2n) is 5.88. The van der Waals surface area contributed by atoms with Crippen molar-refractivity contribution < 1.29 is 9.59 Å². The molecule has 0 unspecified atom stereocenters. The van der Waals surface area contributed by atoms with Crippen LogP contribution in [0.15, 0.2) is 79.4 Å². The van der Waals surface area contributed by atoms with Crippen LogP contribution < -0.4 is 10.6 Å². The molecular formula is C20H16N4O2. The highest BCUT2D eigenvalue weighted by atomic mass is 16.2. The monoisotopic (exact) mass is 344 g/mol. The smallest absolute Gasteiger partial charge is 0.323 e. The van der Waals surface area contributed by atoms with E-state index in [0.29, 0.717) is 5.69 Å². The summed E-state index contributed by atoms with van der Waals surface area (Å²) in [7, 11) is 0. The Morgan fingerprint density at radius 1 is 1.08 bits per heavy atom. The molecule has 26 heavy (non-hydrogen) atoms. The number of carbonyl (C=O) groups excluding carboxylic acids is 2. The Morgan fingerprint density at radius 3 is 2.62 bits per heavy atom. The molecule has 1 aliphatic heterocycles. The zero-order valence-electron chi connectivity index (χ0n) is 13.8. The van der Waals surface area contributed by atoms with Crippen molar-refractivity contribution in [3.63, 3.8) is 0 Å². The van der Waals surface area contributed by atoms with E-state index in [4.69, 9.17) is 0 Å². The van der Waals surface area contributed by atoms with Crippen molar-refractivity contribution in [1.29, 1.82) is 0 Å². The highest BCUT2D eigenvalue weighted by Crippen LogP contribution is 2.32. The first-order valence-electron chi connectivity index (χ1n) is 8.19. The first kappa shape index (κ1) is 15.8. The fourth-order valence-electron chi connectivity index (χ4n) is 2.93. The number of hydrogen-bond donors (Lipinski definition) is 2. The fraction of sp³-hybridized carbons (Fsp3) is 0.0500. The molecule has 2 N–H and O–H groups in total. The van der Waals surface area contributed by atoms with E-state index >= 15 is 0 Å². The quantitative estimate of drug-likeness (QED) is 0.750. The summed E-state index contributed by atoms with van der Waals surface area (Å²) >= 11 is 0. The van der Waals surface area contributed by atoms with Crippen molar-refractivity contribution >= 4 is 23.2 Å². The van der Waals surface area contributed by atoms with Gasteiger partial charge in [-0.1, -0.05) is 48.5 Å². The van der Waals surface area contributed by atoms with Crippen molar-refractivity contribution in [2.75, 3.05) is 5.32 Å². The number of nitrogens with one attached hydrogen (secondary N) is 2. The number of carbonyl (C=O) groups is 2. The van der Waals surface area contributed by atoms with E-state index in [-0.39, 0.29) is 5.91 Å². The normalized spacial score (nSPS) is 16.1. The second kappa shape index (κ2) is 6.68. The van der Waals surface area contributed by atoms with Crippen LogP contribution in [-0.2, 0) is 4.79 Å².